The third-order valence-corrected chi connectivity index (χ3v) is 5.11. The van der Waals surface area contributed by atoms with Gasteiger partial charge in [0.1, 0.15) is 23.1 Å². The maximum Gasteiger partial charge on any atom is 0.292 e. The number of ether oxygens (including phenoxy) is 1. The lowest BCUT2D eigenvalue weighted by Gasteiger charge is -2.06. The number of hydrogen-bond donors (Lipinski definition) is 1. The van der Waals surface area contributed by atoms with E-state index in [1.165, 1.54) is 24.3 Å². The summed E-state index contributed by atoms with van der Waals surface area (Å²) in [5.41, 5.74) is 0.881. The van der Waals surface area contributed by atoms with Crippen LogP contribution in [-0.2, 0) is 13.2 Å². The molecular formula is C22H16Cl2N4O5. The van der Waals surface area contributed by atoms with Crippen LogP contribution in [0.15, 0.2) is 71.3 Å². The van der Waals surface area contributed by atoms with Crippen LogP contribution in [0.2, 0.25) is 10.0 Å². The Balaban J connectivity index is 1.38. The number of halogens is 2. The van der Waals surface area contributed by atoms with Crippen molar-refractivity contribution in [2.75, 3.05) is 5.32 Å². The molecule has 4 rings (SSSR count). The van der Waals surface area contributed by atoms with Crippen molar-refractivity contribution in [2.24, 2.45) is 0 Å². The van der Waals surface area contributed by atoms with Crippen molar-refractivity contribution in [2.45, 2.75) is 13.2 Å². The van der Waals surface area contributed by atoms with E-state index in [0.717, 1.165) is 5.56 Å². The standard InChI is InChI=1S/C22H16Cl2N4O5/c23-17-8-6-15(28(30)31)10-20(17)32-13-16-7-9-19(33-16)22(29)25-21-18(24)12-27(26-21)11-14-4-2-1-3-5-14/h1-10,12H,11,13H2,(H,25,26,29). The Morgan fingerprint density at radius 3 is 2.67 bits per heavy atom. The number of anilines is 1. The third-order valence-electron chi connectivity index (χ3n) is 4.52. The minimum atomic E-state index is -0.551. The number of amides is 1. The maximum atomic E-state index is 12.5. The van der Waals surface area contributed by atoms with Crippen molar-refractivity contribution in [1.29, 1.82) is 0 Å². The van der Waals surface area contributed by atoms with Gasteiger partial charge in [0.05, 0.1) is 22.6 Å². The van der Waals surface area contributed by atoms with E-state index in [2.05, 4.69) is 10.4 Å². The van der Waals surface area contributed by atoms with Gasteiger partial charge in [-0.2, -0.15) is 5.10 Å². The number of nitro groups is 1. The quantitative estimate of drug-likeness (QED) is 0.257. The first-order chi connectivity index (χ1) is 15.9. The molecule has 11 heteroatoms. The van der Waals surface area contributed by atoms with E-state index < -0.39 is 10.8 Å². The summed E-state index contributed by atoms with van der Waals surface area (Å²) in [6.07, 6.45) is 1.62. The fourth-order valence-electron chi connectivity index (χ4n) is 2.95. The van der Waals surface area contributed by atoms with E-state index in [0.29, 0.717) is 12.3 Å². The maximum absolute atomic E-state index is 12.5. The molecule has 0 spiro atoms. The Morgan fingerprint density at radius 2 is 1.91 bits per heavy atom. The Morgan fingerprint density at radius 1 is 1.12 bits per heavy atom. The van der Waals surface area contributed by atoms with Gasteiger partial charge < -0.3 is 14.5 Å². The average Bonchev–Trinajstić information content (AvgIpc) is 3.40. The van der Waals surface area contributed by atoms with Crippen LogP contribution < -0.4 is 10.1 Å². The number of carbonyl (C=O) groups excluding carboxylic acids is 1. The number of rotatable bonds is 8. The van der Waals surface area contributed by atoms with Crippen molar-refractivity contribution in [1.82, 2.24) is 9.78 Å². The van der Waals surface area contributed by atoms with Gasteiger partial charge in [-0.25, -0.2) is 0 Å². The molecule has 2 aromatic carbocycles. The molecule has 2 heterocycles. The summed E-state index contributed by atoms with van der Waals surface area (Å²) in [5.74, 6) is 0.136. The van der Waals surface area contributed by atoms with Crippen LogP contribution in [0.4, 0.5) is 11.5 Å². The number of furan rings is 1. The zero-order valence-corrected chi connectivity index (χ0v) is 18.4. The molecule has 0 radical (unpaired) electrons. The molecule has 0 aliphatic heterocycles. The van der Waals surface area contributed by atoms with Crippen LogP contribution in [-0.4, -0.2) is 20.6 Å². The first-order valence-electron chi connectivity index (χ1n) is 9.63. The van der Waals surface area contributed by atoms with Gasteiger partial charge in [0.2, 0.25) is 0 Å². The second kappa shape index (κ2) is 9.76. The Labute approximate surface area is 197 Å². The molecule has 1 amide bonds. The first-order valence-corrected chi connectivity index (χ1v) is 10.4. The molecule has 0 unspecified atom stereocenters. The lowest BCUT2D eigenvalue weighted by Crippen LogP contribution is -2.12. The minimum Gasteiger partial charge on any atom is -0.484 e. The Bertz CT molecular complexity index is 1300. The van der Waals surface area contributed by atoms with E-state index in [9.17, 15) is 14.9 Å². The van der Waals surface area contributed by atoms with Crippen molar-refractivity contribution >= 4 is 40.6 Å². The van der Waals surface area contributed by atoms with Crippen LogP contribution in [0.25, 0.3) is 0 Å². The van der Waals surface area contributed by atoms with Crippen molar-refractivity contribution < 1.29 is 18.9 Å². The summed E-state index contributed by atoms with van der Waals surface area (Å²) >= 11 is 12.2. The summed E-state index contributed by atoms with van der Waals surface area (Å²) in [6.45, 7) is 0.416. The third kappa shape index (κ3) is 5.51. The van der Waals surface area contributed by atoms with Crippen LogP contribution in [0.1, 0.15) is 21.9 Å². The SMILES string of the molecule is O=C(Nc1nn(Cc2ccccc2)cc1Cl)c1ccc(COc2cc([N+](=O)[O-])ccc2Cl)o1. The zero-order valence-electron chi connectivity index (χ0n) is 16.9. The highest BCUT2D eigenvalue weighted by Gasteiger charge is 2.17. The monoisotopic (exact) mass is 486 g/mol. The van der Waals surface area contributed by atoms with E-state index in [1.54, 1.807) is 16.9 Å². The molecule has 168 valence electrons. The van der Waals surface area contributed by atoms with Crippen LogP contribution in [0.3, 0.4) is 0 Å². The smallest absolute Gasteiger partial charge is 0.292 e. The van der Waals surface area contributed by atoms with Crippen molar-refractivity contribution in [3.8, 4) is 5.75 Å². The first kappa shape index (κ1) is 22.4. The lowest BCUT2D eigenvalue weighted by molar-refractivity contribution is -0.384. The number of aromatic nitrogens is 2. The minimum absolute atomic E-state index is 0.0208. The number of non-ortho nitro benzene ring substituents is 1. The molecule has 0 saturated heterocycles. The van der Waals surface area contributed by atoms with Crippen LogP contribution >= 0.6 is 23.2 Å². The van der Waals surface area contributed by atoms with Gasteiger partial charge in [-0.1, -0.05) is 53.5 Å². The van der Waals surface area contributed by atoms with E-state index in [-0.39, 0.29) is 39.7 Å². The van der Waals surface area contributed by atoms with Crippen molar-refractivity contribution in [3.63, 3.8) is 0 Å². The number of carbonyl (C=O) groups is 1. The highest BCUT2D eigenvalue weighted by molar-refractivity contribution is 6.33. The molecule has 0 aliphatic rings. The molecule has 0 aliphatic carbocycles. The molecule has 0 fully saturated rings. The number of nitrogens with zero attached hydrogens (tertiary/aromatic N) is 3. The molecular weight excluding hydrogens is 471 g/mol. The second-order valence-corrected chi connectivity index (χ2v) is 7.70. The zero-order chi connectivity index (χ0) is 23.4. The average molecular weight is 487 g/mol. The molecule has 0 atom stereocenters. The fourth-order valence-corrected chi connectivity index (χ4v) is 3.31. The number of benzene rings is 2. The number of nitrogens with one attached hydrogen (secondary N) is 1. The topological polar surface area (TPSA) is 112 Å². The van der Waals surface area contributed by atoms with Crippen molar-refractivity contribution in [3.05, 3.63) is 104 Å². The summed E-state index contributed by atoms with van der Waals surface area (Å²) in [4.78, 5) is 22.9. The van der Waals surface area contributed by atoms with Gasteiger partial charge in [0, 0.05) is 12.3 Å². The summed E-state index contributed by atoms with van der Waals surface area (Å²) in [7, 11) is 0. The van der Waals surface area contributed by atoms with Gasteiger partial charge in [0.15, 0.2) is 11.6 Å². The largest absolute Gasteiger partial charge is 0.484 e. The number of nitro benzene ring substituents is 1. The lowest BCUT2D eigenvalue weighted by atomic mass is 10.2. The Kier molecular flexibility index (Phi) is 6.62. The molecule has 9 nitrogen and oxygen atoms in total. The molecule has 0 bridgehead atoms. The van der Waals surface area contributed by atoms with Gasteiger partial charge in [0.25, 0.3) is 11.6 Å². The molecule has 1 N–H and O–H groups in total. The molecule has 0 saturated carbocycles. The Hall–Kier alpha value is -3.82. The summed E-state index contributed by atoms with van der Waals surface area (Å²) < 4.78 is 12.6. The predicted molar refractivity (Wildman–Crippen MR) is 122 cm³/mol. The highest BCUT2D eigenvalue weighted by atomic mass is 35.5. The summed E-state index contributed by atoms with van der Waals surface area (Å²) in [6, 6.07) is 16.6. The van der Waals surface area contributed by atoms with Crippen LogP contribution in [0.5, 0.6) is 5.75 Å². The van der Waals surface area contributed by atoms with Gasteiger partial charge >= 0.3 is 0 Å². The molecule has 2 aromatic heterocycles. The fraction of sp³-hybridized carbons (Fsp3) is 0.0909. The molecule has 33 heavy (non-hydrogen) atoms. The number of hydrogen-bond acceptors (Lipinski definition) is 6. The van der Waals surface area contributed by atoms with E-state index in [1.807, 2.05) is 30.3 Å². The highest BCUT2D eigenvalue weighted by Crippen LogP contribution is 2.29. The van der Waals surface area contributed by atoms with Gasteiger partial charge in [-0.3, -0.25) is 19.6 Å². The molecule has 4 aromatic rings. The predicted octanol–water partition coefficient (Wildman–Crippen LogP) is 5.57. The second-order valence-electron chi connectivity index (χ2n) is 6.89. The van der Waals surface area contributed by atoms with Gasteiger partial charge in [-0.05, 0) is 23.8 Å². The van der Waals surface area contributed by atoms with Crippen LogP contribution in [0, 0.1) is 10.1 Å². The summed E-state index contributed by atoms with van der Waals surface area (Å²) in [5, 5.41) is 18.3. The van der Waals surface area contributed by atoms with Gasteiger partial charge in [-0.15, -0.1) is 0 Å². The van der Waals surface area contributed by atoms with E-state index >= 15 is 0 Å². The normalized spacial score (nSPS) is 10.7. The van der Waals surface area contributed by atoms with E-state index in [4.69, 9.17) is 32.4 Å².